The lowest BCUT2D eigenvalue weighted by atomic mass is 10.0. The third kappa shape index (κ3) is 16.0. The molecule has 0 amide bonds. The molecule has 1 rings (SSSR count). The monoisotopic (exact) mass is 448 g/mol. The van der Waals surface area contributed by atoms with Crippen molar-refractivity contribution in [3.8, 4) is 0 Å². The van der Waals surface area contributed by atoms with Gasteiger partial charge < -0.3 is 9.80 Å². The van der Waals surface area contributed by atoms with Gasteiger partial charge in [0, 0.05) is 26.0 Å². The highest BCUT2D eigenvalue weighted by Crippen LogP contribution is 2.21. The van der Waals surface area contributed by atoms with Crippen LogP contribution >= 0.6 is 0 Å². The summed E-state index contributed by atoms with van der Waals surface area (Å²) in [5.74, 6) is 0. The molecule has 0 saturated heterocycles. The fourth-order valence-electron chi connectivity index (χ4n) is 5.17. The molecule has 1 aliphatic rings. The molecule has 1 unspecified atom stereocenters. The zero-order chi connectivity index (χ0) is 23.1. The van der Waals surface area contributed by atoms with Crippen LogP contribution in [0.1, 0.15) is 162 Å². The SMILES string of the molecule is CCCCCCCCCCCCCCCC1N(C)C=CN1CCCCCCCCCCC. The molecule has 1 heterocycles. The van der Waals surface area contributed by atoms with Gasteiger partial charge in [-0.15, -0.1) is 0 Å². The van der Waals surface area contributed by atoms with E-state index in [-0.39, 0.29) is 0 Å². The summed E-state index contributed by atoms with van der Waals surface area (Å²) in [4.78, 5) is 5.05. The highest BCUT2D eigenvalue weighted by atomic mass is 15.4. The maximum atomic E-state index is 2.61. The normalized spacial score (nSPS) is 15.9. The molecule has 190 valence electrons. The average Bonchev–Trinajstić information content (AvgIpc) is 3.15. The first-order valence-corrected chi connectivity index (χ1v) is 15.0. The Hall–Kier alpha value is -0.660. The number of hydrogen-bond acceptors (Lipinski definition) is 2. The third-order valence-corrected chi connectivity index (χ3v) is 7.43. The van der Waals surface area contributed by atoms with Crippen molar-refractivity contribution in [2.45, 2.75) is 168 Å². The molecule has 0 N–H and O–H groups in total. The highest BCUT2D eigenvalue weighted by molar-refractivity contribution is 4.95. The second-order valence-electron chi connectivity index (χ2n) is 10.5. The molecule has 0 saturated carbocycles. The number of rotatable bonds is 24. The van der Waals surface area contributed by atoms with E-state index in [2.05, 4.69) is 43.1 Å². The van der Waals surface area contributed by atoms with Gasteiger partial charge in [0.25, 0.3) is 0 Å². The van der Waals surface area contributed by atoms with Crippen LogP contribution < -0.4 is 0 Å². The van der Waals surface area contributed by atoms with Crippen LogP contribution in [0.3, 0.4) is 0 Å². The Morgan fingerprint density at radius 1 is 0.469 bits per heavy atom. The van der Waals surface area contributed by atoms with Crippen LogP contribution in [0.2, 0.25) is 0 Å². The van der Waals surface area contributed by atoms with Crippen LogP contribution in [0.25, 0.3) is 0 Å². The Bertz CT molecular complexity index is 406. The summed E-state index contributed by atoms with van der Waals surface area (Å²) in [7, 11) is 2.26. The van der Waals surface area contributed by atoms with Crippen LogP contribution in [0.4, 0.5) is 0 Å². The average molecular weight is 449 g/mol. The predicted octanol–water partition coefficient (Wildman–Crippen LogP) is 10.0. The van der Waals surface area contributed by atoms with Crippen molar-refractivity contribution in [2.24, 2.45) is 0 Å². The maximum Gasteiger partial charge on any atom is 0.100 e. The molecular formula is C30H60N2. The van der Waals surface area contributed by atoms with Gasteiger partial charge in [-0.25, -0.2) is 0 Å². The molecule has 0 fully saturated rings. The largest absolute Gasteiger partial charge is 0.359 e. The first-order valence-electron chi connectivity index (χ1n) is 15.0. The number of hydrogen-bond donors (Lipinski definition) is 0. The Labute approximate surface area is 203 Å². The molecule has 2 nitrogen and oxygen atoms in total. The van der Waals surface area contributed by atoms with Gasteiger partial charge in [-0.1, -0.05) is 142 Å². The summed E-state index contributed by atoms with van der Waals surface area (Å²) >= 11 is 0. The van der Waals surface area contributed by atoms with E-state index in [1.807, 2.05) is 0 Å². The molecule has 0 aromatic heterocycles. The van der Waals surface area contributed by atoms with Crippen molar-refractivity contribution in [2.75, 3.05) is 13.6 Å². The van der Waals surface area contributed by atoms with Gasteiger partial charge in [-0.05, 0) is 19.3 Å². The van der Waals surface area contributed by atoms with Gasteiger partial charge >= 0.3 is 0 Å². The van der Waals surface area contributed by atoms with E-state index >= 15 is 0 Å². The minimum atomic E-state index is 0.622. The van der Waals surface area contributed by atoms with E-state index in [1.54, 1.807) is 0 Å². The van der Waals surface area contributed by atoms with E-state index in [0.29, 0.717) is 6.17 Å². The quantitative estimate of drug-likeness (QED) is 0.135. The molecule has 1 aliphatic heterocycles. The molecule has 2 heteroatoms. The third-order valence-electron chi connectivity index (χ3n) is 7.43. The van der Waals surface area contributed by atoms with E-state index in [1.165, 1.54) is 154 Å². The van der Waals surface area contributed by atoms with Crippen molar-refractivity contribution in [1.82, 2.24) is 9.80 Å². The van der Waals surface area contributed by atoms with E-state index in [0.717, 1.165) is 0 Å². The summed E-state index contributed by atoms with van der Waals surface area (Å²) < 4.78 is 0. The standard InChI is InChI=1S/C30H60N2/c1-4-6-8-10-12-14-15-16-17-18-20-22-24-26-30-31(3)28-29-32(30)27-25-23-21-19-13-11-9-7-5-2/h28-30H,4-27H2,1-3H3. The lowest BCUT2D eigenvalue weighted by Crippen LogP contribution is -2.37. The Morgan fingerprint density at radius 3 is 1.28 bits per heavy atom. The number of nitrogens with zero attached hydrogens (tertiary/aromatic N) is 2. The van der Waals surface area contributed by atoms with Crippen molar-refractivity contribution < 1.29 is 0 Å². The van der Waals surface area contributed by atoms with Crippen LogP contribution in [0.15, 0.2) is 12.4 Å². The molecule has 0 aromatic rings. The van der Waals surface area contributed by atoms with E-state index in [4.69, 9.17) is 0 Å². The molecule has 0 radical (unpaired) electrons. The molecule has 1 atom stereocenters. The Balaban J connectivity index is 1.92. The fourth-order valence-corrected chi connectivity index (χ4v) is 5.17. The van der Waals surface area contributed by atoms with Gasteiger partial charge in [-0.2, -0.15) is 0 Å². The zero-order valence-electron chi connectivity index (χ0n) is 22.6. The topological polar surface area (TPSA) is 6.48 Å². The maximum absolute atomic E-state index is 2.61. The smallest absolute Gasteiger partial charge is 0.100 e. The lowest BCUT2D eigenvalue weighted by Gasteiger charge is -2.30. The van der Waals surface area contributed by atoms with Gasteiger partial charge in [0.05, 0.1) is 0 Å². The molecular weight excluding hydrogens is 388 g/mol. The second-order valence-corrected chi connectivity index (χ2v) is 10.5. The van der Waals surface area contributed by atoms with Crippen molar-refractivity contribution >= 4 is 0 Å². The summed E-state index contributed by atoms with van der Waals surface area (Å²) in [5, 5.41) is 0. The van der Waals surface area contributed by atoms with Crippen molar-refractivity contribution in [3.63, 3.8) is 0 Å². The lowest BCUT2D eigenvalue weighted by molar-refractivity contribution is 0.159. The van der Waals surface area contributed by atoms with E-state index in [9.17, 15) is 0 Å². The summed E-state index contributed by atoms with van der Waals surface area (Å²) in [6.07, 6.45) is 38.2. The molecule has 0 spiro atoms. The minimum Gasteiger partial charge on any atom is -0.359 e. The summed E-state index contributed by atoms with van der Waals surface area (Å²) in [5.41, 5.74) is 0. The van der Waals surface area contributed by atoms with Crippen molar-refractivity contribution in [1.29, 1.82) is 0 Å². The Kier molecular flexibility index (Phi) is 20.3. The Morgan fingerprint density at radius 2 is 0.844 bits per heavy atom. The first kappa shape index (κ1) is 29.4. The predicted molar refractivity (Wildman–Crippen MR) is 145 cm³/mol. The highest BCUT2D eigenvalue weighted by Gasteiger charge is 2.22. The van der Waals surface area contributed by atoms with Crippen molar-refractivity contribution in [3.05, 3.63) is 12.4 Å². The van der Waals surface area contributed by atoms with Gasteiger partial charge in [-0.3, -0.25) is 0 Å². The van der Waals surface area contributed by atoms with Gasteiger partial charge in [0.15, 0.2) is 0 Å². The molecule has 0 aromatic carbocycles. The van der Waals surface area contributed by atoms with Crippen LogP contribution in [-0.2, 0) is 0 Å². The molecule has 0 bridgehead atoms. The number of unbranched alkanes of at least 4 members (excludes halogenated alkanes) is 20. The zero-order valence-corrected chi connectivity index (χ0v) is 22.6. The summed E-state index contributed by atoms with van der Waals surface area (Å²) in [6, 6.07) is 0. The van der Waals surface area contributed by atoms with Crippen LogP contribution in [0.5, 0.6) is 0 Å². The second kappa shape index (κ2) is 22.1. The molecule has 32 heavy (non-hydrogen) atoms. The van der Waals surface area contributed by atoms with E-state index < -0.39 is 0 Å². The van der Waals surface area contributed by atoms with Crippen LogP contribution in [0, 0.1) is 0 Å². The van der Waals surface area contributed by atoms with Crippen LogP contribution in [-0.4, -0.2) is 29.6 Å². The first-order chi connectivity index (χ1) is 15.8. The van der Waals surface area contributed by atoms with Gasteiger partial charge in [0.1, 0.15) is 6.17 Å². The summed E-state index contributed by atoms with van der Waals surface area (Å²) in [6.45, 7) is 5.85. The van der Waals surface area contributed by atoms with Gasteiger partial charge in [0.2, 0.25) is 0 Å². The molecule has 0 aliphatic carbocycles. The fraction of sp³-hybridized carbons (Fsp3) is 0.933. The minimum absolute atomic E-state index is 0.622.